The number of anilines is 1. The molecule has 1 N–H and O–H groups in total. The lowest BCUT2D eigenvalue weighted by molar-refractivity contribution is -0.132. The predicted octanol–water partition coefficient (Wildman–Crippen LogP) is 5.60. The lowest BCUT2D eigenvalue weighted by atomic mass is 10.0. The summed E-state index contributed by atoms with van der Waals surface area (Å²) in [7, 11) is 1.59. The van der Waals surface area contributed by atoms with Gasteiger partial charge in [0.1, 0.15) is 5.75 Å². The van der Waals surface area contributed by atoms with Gasteiger partial charge in [-0.3, -0.25) is 9.59 Å². The van der Waals surface area contributed by atoms with Crippen molar-refractivity contribution >= 4 is 17.6 Å². The van der Waals surface area contributed by atoms with Crippen LogP contribution in [0, 0.1) is 0 Å². The number of hydrogen-bond donors (Lipinski definition) is 1. The van der Waals surface area contributed by atoms with E-state index >= 15 is 0 Å². The first-order valence-electron chi connectivity index (χ1n) is 11.5. The number of methoxy groups -OCH3 is 1. The molecule has 0 spiro atoms. The molecule has 4 aromatic rings. The Morgan fingerprint density at radius 2 is 1.63 bits per heavy atom. The molecule has 5 rings (SSSR count). The highest BCUT2D eigenvalue weighted by molar-refractivity contribution is 6.04. The van der Waals surface area contributed by atoms with E-state index in [4.69, 9.17) is 14.6 Å². The Morgan fingerprint density at radius 3 is 2.23 bits per heavy atom. The van der Waals surface area contributed by atoms with Crippen molar-refractivity contribution in [1.29, 1.82) is 0 Å². The molecule has 1 aromatic heterocycles. The van der Waals surface area contributed by atoms with Crippen LogP contribution in [-0.4, -0.2) is 28.8 Å². The molecule has 1 aliphatic rings. The van der Waals surface area contributed by atoms with E-state index in [-0.39, 0.29) is 5.91 Å². The Bertz CT molecular complexity index is 1360. The van der Waals surface area contributed by atoms with E-state index in [0.29, 0.717) is 28.8 Å². The summed E-state index contributed by atoms with van der Waals surface area (Å²) in [4.78, 5) is 24.6. The number of amides is 1. The zero-order valence-electron chi connectivity index (χ0n) is 19.5. The topological polar surface area (TPSA) is 82.4 Å². The van der Waals surface area contributed by atoms with Gasteiger partial charge in [-0.05, 0) is 66.9 Å². The van der Waals surface area contributed by atoms with E-state index in [1.54, 1.807) is 36.1 Å². The van der Waals surface area contributed by atoms with Gasteiger partial charge in [0.25, 0.3) is 5.91 Å². The van der Waals surface area contributed by atoms with Crippen molar-refractivity contribution in [2.75, 3.05) is 12.4 Å². The molecule has 0 aliphatic heterocycles. The van der Waals surface area contributed by atoms with Crippen LogP contribution in [0.25, 0.3) is 16.8 Å². The third-order valence-electron chi connectivity index (χ3n) is 5.86. The van der Waals surface area contributed by atoms with Gasteiger partial charge in [0, 0.05) is 24.1 Å². The normalized spacial score (nSPS) is 12.7. The summed E-state index contributed by atoms with van der Waals surface area (Å²) in [6.07, 6.45) is 2.10. The smallest absolute Gasteiger partial charge is 0.309 e. The number of rotatable bonds is 7. The molecule has 1 fully saturated rings. The van der Waals surface area contributed by atoms with Gasteiger partial charge in [-0.2, -0.15) is 9.78 Å². The molecule has 7 nitrogen and oxygen atoms in total. The molecule has 3 aromatic carbocycles. The van der Waals surface area contributed by atoms with Crippen molar-refractivity contribution in [3.05, 3.63) is 90.1 Å². The van der Waals surface area contributed by atoms with E-state index in [9.17, 15) is 9.59 Å². The van der Waals surface area contributed by atoms with E-state index in [1.165, 1.54) is 6.92 Å². The third-order valence-corrected chi connectivity index (χ3v) is 5.86. The number of benzene rings is 3. The Hall–Kier alpha value is -4.39. The minimum absolute atomic E-state index is 0.212. The molecular formula is C28H25N3O4. The van der Waals surface area contributed by atoms with Crippen LogP contribution in [0.5, 0.6) is 11.6 Å². The second-order valence-electron chi connectivity index (χ2n) is 8.44. The lowest BCUT2D eigenvalue weighted by Crippen LogP contribution is -2.11. The van der Waals surface area contributed by atoms with Gasteiger partial charge in [-0.1, -0.05) is 30.3 Å². The van der Waals surface area contributed by atoms with Crippen molar-refractivity contribution in [3.8, 4) is 28.4 Å². The number of aromatic nitrogens is 2. The SMILES string of the molecule is COc1ccc(C(=O)Nc2ccc(-c3c(C4CC4)nn(-c4ccccc4)c3OC(C)=O)cc2)cc1. The van der Waals surface area contributed by atoms with Crippen LogP contribution in [0.1, 0.15) is 41.7 Å². The summed E-state index contributed by atoms with van der Waals surface area (Å²) >= 11 is 0. The maximum absolute atomic E-state index is 12.6. The number of carbonyl (C=O) groups is 2. The highest BCUT2D eigenvalue weighted by atomic mass is 16.5. The summed E-state index contributed by atoms with van der Waals surface area (Å²) < 4.78 is 12.5. The van der Waals surface area contributed by atoms with E-state index in [1.807, 2.05) is 54.6 Å². The molecule has 0 saturated heterocycles. The van der Waals surface area contributed by atoms with Gasteiger partial charge >= 0.3 is 5.97 Å². The first-order valence-corrected chi connectivity index (χ1v) is 11.5. The zero-order chi connectivity index (χ0) is 24.4. The minimum atomic E-state index is -0.408. The highest BCUT2D eigenvalue weighted by Gasteiger charge is 2.34. The Balaban J connectivity index is 1.47. The Kier molecular flexibility index (Phi) is 6.06. The minimum Gasteiger partial charge on any atom is -0.497 e. The summed E-state index contributed by atoms with van der Waals surface area (Å²) in [5, 5.41) is 7.77. The van der Waals surface area contributed by atoms with Crippen LogP contribution in [0.3, 0.4) is 0 Å². The highest BCUT2D eigenvalue weighted by Crippen LogP contribution is 2.48. The average molecular weight is 468 g/mol. The molecule has 0 bridgehead atoms. The second kappa shape index (κ2) is 9.46. The van der Waals surface area contributed by atoms with Crippen molar-refractivity contribution in [2.45, 2.75) is 25.7 Å². The fraction of sp³-hybridized carbons (Fsp3) is 0.179. The first kappa shape index (κ1) is 22.4. The van der Waals surface area contributed by atoms with Crippen LogP contribution in [-0.2, 0) is 4.79 Å². The van der Waals surface area contributed by atoms with Gasteiger partial charge in [0.15, 0.2) is 0 Å². The maximum Gasteiger partial charge on any atom is 0.309 e. The molecular weight excluding hydrogens is 442 g/mol. The molecule has 176 valence electrons. The fourth-order valence-electron chi connectivity index (χ4n) is 3.97. The number of ether oxygens (including phenoxy) is 2. The number of hydrogen-bond acceptors (Lipinski definition) is 5. The second-order valence-corrected chi connectivity index (χ2v) is 8.44. The number of esters is 1. The van der Waals surface area contributed by atoms with Crippen LogP contribution in [0.4, 0.5) is 5.69 Å². The Labute approximate surface area is 203 Å². The van der Waals surface area contributed by atoms with Gasteiger partial charge in [-0.15, -0.1) is 0 Å². The number of nitrogens with one attached hydrogen (secondary N) is 1. The fourth-order valence-corrected chi connectivity index (χ4v) is 3.97. The maximum atomic E-state index is 12.6. The number of carbonyl (C=O) groups excluding carboxylic acids is 2. The standard InChI is InChI=1S/C28H25N3O4/c1-18(32)35-28-25(26(20-8-9-20)30-31(28)23-6-4-3-5-7-23)19-10-14-22(15-11-19)29-27(33)21-12-16-24(34-2)17-13-21/h3-7,10-17,20H,8-9H2,1-2H3,(H,29,33). The van der Waals surface area contributed by atoms with Gasteiger partial charge in [-0.25, -0.2) is 0 Å². The van der Waals surface area contributed by atoms with Crippen molar-refractivity contribution in [1.82, 2.24) is 9.78 Å². The van der Waals surface area contributed by atoms with Gasteiger partial charge in [0.05, 0.1) is 24.1 Å². The van der Waals surface area contributed by atoms with E-state index in [0.717, 1.165) is 35.3 Å². The number of nitrogens with zero attached hydrogens (tertiary/aromatic N) is 2. The molecule has 1 aliphatic carbocycles. The molecule has 0 unspecified atom stereocenters. The average Bonchev–Trinajstić information content (AvgIpc) is 3.66. The van der Waals surface area contributed by atoms with Crippen molar-refractivity contribution < 1.29 is 19.1 Å². The van der Waals surface area contributed by atoms with Crippen molar-refractivity contribution in [3.63, 3.8) is 0 Å². The lowest BCUT2D eigenvalue weighted by Gasteiger charge is -2.10. The molecule has 1 saturated carbocycles. The van der Waals surface area contributed by atoms with E-state index < -0.39 is 5.97 Å². The molecule has 0 radical (unpaired) electrons. The van der Waals surface area contributed by atoms with Crippen LogP contribution < -0.4 is 14.8 Å². The summed E-state index contributed by atoms with van der Waals surface area (Å²) in [6, 6.07) is 24.1. The van der Waals surface area contributed by atoms with E-state index in [2.05, 4.69) is 5.32 Å². The first-order chi connectivity index (χ1) is 17.0. The monoisotopic (exact) mass is 467 g/mol. The van der Waals surface area contributed by atoms with Crippen LogP contribution in [0.2, 0.25) is 0 Å². The molecule has 7 heteroatoms. The van der Waals surface area contributed by atoms with Gasteiger partial charge in [0.2, 0.25) is 5.88 Å². The van der Waals surface area contributed by atoms with Crippen LogP contribution in [0.15, 0.2) is 78.9 Å². The zero-order valence-corrected chi connectivity index (χ0v) is 19.5. The van der Waals surface area contributed by atoms with Crippen molar-refractivity contribution in [2.24, 2.45) is 0 Å². The number of para-hydroxylation sites is 1. The molecule has 1 amide bonds. The van der Waals surface area contributed by atoms with Gasteiger partial charge < -0.3 is 14.8 Å². The quantitative estimate of drug-likeness (QED) is 0.358. The summed E-state index contributed by atoms with van der Waals surface area (Å²) in [6.45, 7) is 1.39. The molecule has 0 atom stereocenters. The third kappa shape index (κ3) is 4.80. The summed E-state index contributed by atoms with van der Waals surface area (Å²) in [5.74, 6) is 0.807. The molecule has 1 heterocycles. The van der Waals surface area contributed by atoms with Crippen LogP contribution >= 0.6 is 0 Å². The predicted molar refractivity (Wildman–Crippen MR) is 133 cm³/mol. The Morgan fingerprint density at radius 1 is 0.943 bits per heavy atom. The molecule has 35 heavy (non-hydrogen) atoms. The summed E-state index contributed by atoms with van der Waals surface area (Å²) in [5.41, 5.74) is 4.60. The largest absolute Gasteiger partial charge is 0.497 e.